The Balaban J connectivity index is 2.63. The van der Waals surface area contributed by atoms with Gasteiger partial charge in [0, 0.05) is 11.6 Å². The third kappa shape index (κ3) is 3.46. The molecule has 1 rings (SSSR count). The number of hydrogen-bond acceptors (Lipinski definition) is 2. The van der Waals surface area contributed by atoms with Gasteiger partial charge in [0.2, 0.25) is 0 Å². The van der Waals surface area contributed by atoms with Gasteiger partial charge in [-0.25, -0.2) is 0 Å². The first-order valence-corrected chi connectivity index (χ1v) is 6.37. The maximum Gasteiger partial charge on any atom is 0.0613 e. The lowest BCUT2D eigenvalue weighted by molar-refractivity contribution is 0.0747. The van der Waals surface area contributed by atoms with E-state index in [-0.39, 0.29) is 12.1 Å². The molecular formula is C13H27NO. The fourth-order valence-corrected chi connectivity index (χ4v) is 2.91. The quantitative estimate of drug-likeness (QED) is 0.752. The van der Waals surface area contributed by atoms with E-state index in [1.165, 1.54) is 12.8 Å². The standard InChI is InChI=1S/C13H27NO/c1-10(2)12-6-5-7-13(8-12,9-15)14-11(3)4/h10-12,14-15H,5-9H2,1-4H3. The summed E-state index contributed by atoms with van der Waals surface area (Å²) in [5, 5.41) is 13.2. The average Bonchev–Trinajstić information content (AvgIpc) is 2.17. The van der Waals surface area contributed by atoms with Crippen LogP contribution in [0, 0.1) is 11.8 Å². The Bertz CT molecular complexity index is 191. The summed E-state index contributed by atoms with van der Waals surface area (Å²) in [5.74, 6) is 1.52. The smallest absolute Gasteiger partial charge is 0.0613 e. The number of nitrogens with one attached hydrogen (secondary N) is 1. The van der Waals surface area contributed by atoms with E-state index >= 15 is 0 Å². The Morgan fingerprint density at radius 2 is 2.00 bits per heavy atom. The van der Waals surface area contributed by atoms with Crippen molar-refractivity contribution >= 4 is 0 Å². The lowest BCUT2D eigenvalue weighted by Crippen LogP contribution is -2.54. The summed E-state index contributed by atoms with van der Waals surface area (Å²) in [5.41, 5.74) is 0.00134. The van der Waals surface area contributed by atoms with Crippen molar-refractivity contribution in [3.8, 4) is 0 Å². The van der Waals surface area contributed by atoms with Crippen LogP contribution in [0.4, 0.5) is 0 Å². The molecule has 0 aromatic rings. The molecule has 2 N–H and O–H groups in total. The fraction of sp³-hybridized carbons (Fsp3) is 1.00. The van der Waals surface area contributed by atoms with E-state index in [2.05, 4.69) is 33.0 Å². The zero-order chi connectivity index (χ0) is 11.5. The minimum atomic E-state index is 0.00134. The predicted octanol–water partition coefficient (Wildman–Crippen LogP) is 2.56. The highest BCUT2D eigenvalue weighted by Gasteiger charge is 2.36. The Morgan fingerprint density at radius 3 is 2.47 bits per heavy atom. The van der Waals surface area contributed by atoms with Gasteiger partial charge in [0.25, 0.3) is 0 Å². The molecule has 0 saturated heterocycles. The molecule has 1 saturated carbocycles. The van der Waals surface area contributed by atoms with E-state index in [4.69, 9.17) is 0 Å². The zero-order valence-electron chi connectivity index (χ0n) is 10.7. The van der Waals surface area contributed by atoms with Crippen molar-refractivity contribution < 1.29 is 5.11 Å². The van der Waals surface area contributed by atoms with E-state index in [0.717, 1.165) is 24.7 Å². The summed E-state index contributed by atoms with van der Waals surface area (Å²) in [4.78, 5) is 0. The van der Waals surface area contributed by atoms with E-state index in [9.17, 15) is 5.11 Å². The number of rotatable bonds is 4. The molecule has 1 aliphatic carbocycles. The van der Waals surface area contributed by atoms with Gasteiger partial charge in [0.1, 0.15) is 0 Å². The van der Waals surface area contributed by atoms with Crippen molar-refractivity contribution in [3.05, 3.63) is 0 Å². The van der Waals surface area contributed by atoms with Crippen LogP contribution < -0.4 is 5.32 Å². The predicted molar refractivity (Wildman–Crippen MR) is 64.9 cm³/mol. The molecule has 1 aliphatic rings. The molecule has 0 spiro atoms. The van der Waals surface area contributed by atoms with Gasteiger partial charge in [-0.2, -0.15) is 0 Å². The van der Waals surface area contributed by atoms with Gasteiger partial charge in [-0.05, 0) is 24.7 Å². The molecule has 0 aliphatic heterocycles. The molecule has 1 fully saturated rings. The molecular weight excluding hydrogens is 186 g/mol. The van der Waals surface area contributed by atoms with Gasteiger partial charge < -0.3 is 10.4 Å². The van der Waals surface area contributed by atoms with E-state index in [1.807, 2.05) is 0 Å². The van der Waals surface area contributed by atoms with Crippen molar-refractivity contribution in [3.63, 3.8) is 0 Å². The first-order chi connectivity index (χ1) is 6.99. The SMILES string of the molecule is CC(C)NC1(CO)CCCC(C(C)C)C1. The summed E-state index contributed by atoms with van der Waals surface area (Å²) in [7, 11) is 0. The Morgan fingerprint density at radius 1 is 1.33 bits per heavy atom. The maximum atomic E-state index is 9.63. The summed E-state index contributed by atoms with van der Waals surface area (Å²) < 4.78 is 0. The molecule has 2 heteroatoms. The minimum absolute atomic E-state index is 0.00134. The number of hydrogen-bond donors (Lipinski definition) is 2. The van der Waals surface area contributed by atoms with Crippen LogP contribution in [0.15, 0.2) is 0 Å². The maximum absolute atomic E-state index is 9.63. The van der Waals surface area contributed by atoms with E-state index < -0.39 is 0 Å². The van der Waals surface area contributed by atoms with Crippen LogP contribution in [0.3, 0.4) is 0 Å². The first kappa shape index (κ1) is 13.0. The molecule has 0 bridgehead atoms. The second kappa shape index (κ2) is 5.31. The highest BCUT2D eigenvalue weighted by Crippen LogP contribution is 2.36. The summed E-state index contributed by atoms with van der Waals surface area (Å²) >= 11 is 0. The third-order valence-electron chi connectivity index (χ3n) is 3.72. The first-order valence-electron chi connectivity index (χ1n) is 6.37. The Labute approximate surface area is 94.5 Å². The van der Waals surface area contributed by atoms with Crippen LogP contribution in [0.1, 0.15) is 53.4 Å². The molecule has 2 atom stereocenters. The van der Waals surface area contributed by atoms with Crippen LogP contribution in [-0.2, 0) is 0 Å². The molecule has 90 valence electrons. The molecule has 2 nitrogen and oxygen atoms in total. The lowest BCUT2D eigenvalue weighted by Gasteiger charge is -2.43. The van der Waals surface area contributed by atoms with Crippen LogP contribution in [0.5, 0.6) is 0 Å². The highest BCUT2D eigenvalue weighted by atomic mass is 16.3. The zero-order valence-corrected chi connectivity index (χ0v) is 10.7. The van der Waals surface area contributed by atoms with Crippen molar-refractivity contribution in [2.45, 2.75) is 65.0 Å². The summed E-state index contributed by atoms with van der Waals surface area (Å²) in [6, 6.07) is 0.461. The topological polar surface area (TPSA) is 32.3 Å². The number of aliphatic hydroxyl groups is 1. The molecule has 0 aromatic heterocycles. The summed E-state index contributed by atoms with van der Waals surface area (Å²) in [6.45, 7) is 9.21. The van der Waals surface area contributed by atoms with Gasteiger partial charge in [0.05, 0.1) is 6.61 Å². The van der Waals surface area contributed by atoms with Crippen LogP contribution in [0.2, 0.25) is 0 Å². The van der Waals surface area contributed by atoms with Crippen molar-refractivity contribution in [1.82, 2.24) is 5.32 Å². The van der Waals surface area contributed by atoms with Crippen LogP contribution in [0.25, 0.3) is 0 Å². The monoisotopic (exact) mass is 213 g/mol. The minimum Gasteiger partial charge on any atom is -0.394 e. The van der Waals surface area contributed by atoms with Gasteiger partial charge in [-0.1, -0.05) is 40.5 Å². The second-order valence-corrected chi connectivity index (χ2v) is 5.84. The van der Waals surface area contributed by atoms with E-state index in [0.29, 0.717) is 6.04 Å². The van der Waals surface area contributed by atoms with Crippen molar-refractivity contribution in [1.29, 1.82) is 0 Å². The Kier molecular flexibility index (Phi) is 4.60. The van der Waals surface area contributed by atoms with Gasteiger partial charge >= 0.3 is 0 Å². The molecule has 0 heterocycles. The van der Waals surface area contributed by atoms with Crippen molar-refractivity contribution in [2.75, 3.05) is 6.61 Å². The molecule has 0 aromatic carbocycles. The molecule has 15 heavy (non-hydrogen) atoms. The fourth-order valence-electron chi connectivity index (χ4n) is 2.91. The molecule has 0 amide bonds. The molecule has 2 unspecified atom stereocenters. The lowest BCUT2D eigenvalue weighted by atomic mass is 9.72. The largest absolute Gasteiger partial charge is 0.394 e. The highest BCUT2D eigenvalue weighted by molar-refractivity contribution is 4.94. The van der Waals surface area contributed by atoms with Crippen LogP contribution in [-0.4, -0.2) is 23.3 Å². The second-order valence-electron chi connectivity index (χ2n) is 5.84. The summed E-state index contributed by atoms with van der Waals surface area (Å²) in [6.07, 6.45) is 4.85. The van der Waals surface area contributed by atoms with Gasteiger partial charge in [-0.3, -0.25) is 0 Å². The van der Waals surface area contributed by atoms with Gasteiger partial charge in [0.15, 0.2) is 0 Å². The van der Waals surface area contributed by atoms with Gasteiger partial charge in [-0.15, -0.1) is 0 Å². The number of aliphatic hydroxyl groups excluding tert-OH is 1. The van der Waals surface area contributed by atoms with Crippen LogP contribution >= 0.6 is 0 Å². The van der Waals surface area contributed by atoms with Crippen molar-refractivity contribution in [2.24, 2.45) is 11.8 Å². The van der Waals surface area contributed by atoms with E-state index in [1.54, 1.807) is 0 Å². The average molecular weight is 213 g/mol. The normalized spacial score (nSPS) is 32.6. The Hall–Kier alpha value is -0.0800. The molecule has 0 radical (unpaired) electrons. The third-order valence-corrected chi connectivity index (χ3v) is 3.72.